The van der Waals surface area contributed by atoms with Gasteiger partial charge < -0.3 is 14.4 Å². The molecule has 5 heteroatoms. The van der Waals surface area contributed by atoms with E-state index in [1.807, 2.05) is 38.1 Å². The van der Waals surface area contributed by atoms with Crippen LogP contribution in [0.1, 0.15) is 55.5 Å². The molecule has 1 aromatic heterocycles. The van der Waals surface area contributed by atoms with Gasteiger partial charge in [-0.15, -0.1) is 0 Å². The largest absolute Gasteiger partial charge is 0.507 e. The van der Waals surface area contributed by atoms with Crippen LogP contribution in [0.4, 0.5) is 0 Å². The zero-order valence-electron chi connectivity index (χ0n) is 20.8. The lowest BCUT2D eigenvalue weighted by Gasteiger charge is -2.14. The number of aromatic nitrogens is 2. The molecule has 0 saturated heterocycles. The number of aromatic hydroxyl groups is 1. The number of nitrogens with zero attached hydrogens (tertiary/aromatic N) is 2. The summed E-state index contributed by atoms with van der Waals surface area (Å²) in [6.07, 6.45) is 3.35. The van der Waals surface area contributed by atoms with E-state index in [4.69, 9.17) is 9.72 Å². The number of ketones is 1. The Labute approximate surface area is 207 Å². The van der Waals surface area contributed by atoms with E-state index in [9.17, 15) is 9.90 Å². The molecular formula is C30H34N2O3. The summed E-state index contributed by atoms with van der Waals surface area (Å²) in [6, 6.07) is 22.1. The molecule has 0 aliphatic rings. The SMILES string of the molecule is Cc1c(OCCCCCn2c(-c3ccccc3)nc3ccccc32)ccc(C(=O)CC(C)C)c1O. The van der Waals surface area contributed by atoms with Gasteiger partial charge in [-0.2, -0.15) is 0 Å². The van der Waals surface area contributed by atoms with Gasteiger partial charge in [-0.3, -0.25) is 4.79 Å². The molecular weight excluding hydrogens is 436 g/mol. The number of para-hydroxylation sites is 2. The molecule has 3 aromatic carbocycles. The van der Waals surface area contributed by atoms with E-state index < -0.39 is 0 Å². The molecule has 4 aromatic rings. The van der Waals surface area contributed by atoms with Crippen LogP contribution in [0.2, 0.25) is 0 Å². The maximum Gasteiger partial charge on any atom is 0.166 e. The lowest BCUT2D eigenvalue weighted by Crippen LogP contribution is -2.06. The molecule has 1 N–H and O–H groups in total. The maximum atomic E-state index is 12.4. The first-order valence-electron chi connectivity index (χ1n) is 12.4. The third kappa shape index (κ3) is 5.73. The molecule has 0 unspecified atom stereocenters. The van der Waals surface area contributed by atoms with E-state index in [0.29, 0.717) is 29.9 Å². The number of hydrogen-bond acceptors (Lipinski definition) is 4. The summed E-state index contributed by atoms with van der Waals surface area (Å²) >= 11 is 0. The van der Waals surface area contributed by atoms with Gasteiger partial charge in [0.25, 0.3) is 0 Å². The van der Waals surface area contributed by atoms with Crippen LogP contribution >= 0.6 is 0 Å². The van der Waals surface area contributed by atoms with E-state index >= 15 is 0 Å². The van der Waals surface area contributed by atoms with Gasteiger partial charge in [-0.05, 0) is 56.4 Å². The van der Waals surface area contributed by atoms with Gasteiger partial charge in [0.2, 0.25) is 0 Å². The van der Waals surface area contributed by atoms with Crippen molar-refractivity contribution in [1.29, 1.82) is 0 Å². The maximum absolute atomic E-state index is 12.4. The molecule has 0 saturated carbocycles. The van der Waals surface area contributed by atoms with E-state index in [2.05, 4.69) is 34.9 Å². The number of phenols is 1. The monoisotopic (exact) mass is 470 g/mol. The van der Waals surface area contributed by atoms with Crippen molar-refractivity contribution >= 4 is 16.8 Å². The minimum absolute atomic E-state index is 0.0333. The van der Waals surface area contributed by atoms with Crippen molar-refractivity contribution in [1.82, 2.24) is 9.55 Å². The summed E-state index contributed by atoms with van der Waals surface area (Å²) < 4.78 is 8.25. The highest BCUT2D eigenvalue weighted by atomic mass is 16.5. The number of ether oxygens (including phenoxy) is 1. The number of aryl methyl sites for hydroxylation is 1. The molecule has 0 bridgehead atoms. The summed E-state index contributed by atoms with van der Waals surface area (Å²) in [5, 5.41) is 10.5. The molecule has 0 fully saturated rings. The molecule has 1 heterocycles. The fourth-order valence-corrected chi connectivity index (χ4v) is 4.38. The molecule has 0 atom stereocenters. The summed E-state index contributed by atoms with van der Waals surface area (Å²) in [6.45, 7) is 7.24. The fraction of sp³-hybridized carbons (Fsp3) is 0.333. The summed E-state index contributed by atoms with van der Waals surface area (Å²) in [4.78, 5) is 17.2. The number of fused-ring (bicyclic) bond motifs is 1. The highest BCUT2D eigenvalue weighted by molar-refractivity contribution is 5.99. The Morgan fingerprint density at radius 2 is 1.71 bits per heavy atom. The average Bonchev–Trinajstić information content (AvgIpc) is 3.22. The minimum Gasteiger partial charge on any atom is -0.507 e. The summed E-state index contributed by atoms with van der Waals surface area (Å²) in [5.41, 5.74) is 4.29. The van der Waals surface area contributed by atoms with Crippen molar-refractivity contribution < 1.29 is 14.6 Å². The van der Waals surface area contributed by atoms with Gasteiger partial charge in [-0.1, -0.05) is 56.3 Å². The lowest BCUT2D eigenvalue weighted by atomic mass is 9.98. The normalized spacial score (nSPS) is 11.3. The molecule has 0 radical (unpaired) electrons. The second kappa shape index (κ2) is 11.2. The molecule has 0 amide bonds. The zero-order chi connectivity index (χ0) is 24.8. The molecule has 5 nitrogen and oxygen atoms in total. The van der Waals surface area contributed by atoms with Crippen LogP contribution in [0.15, 0.2) is 66.7 Å². The van der Waals surface area contributed by atoms with Crippen molar-refractivity contribution in [3.63, 3.8) is 0 Å². The Kier molecular flexibility index (Phi) is 7.86. The quantitative estimate of drug-likeness (QED) is 0.186. The third-order valence-electron chi connectivity index (χ3n) is 6.25. The second-order valence-electron chi connectivity index (χ2n) is 9.46. The Balaban J connectivity index is 1.33. The van der Waals surface area contributed by atoms with Crippen LogP contribution in [0, 0.1) is 12.8 Å². The highest BCUT2D eigenvalue weighted by Crippen LogP contribution is 2.32. The lowest BCUT2D eigenvalue weighted by molar-refractivity contribution is 0.0965. The minimum atomic E-state index is -0.0333. The first kappa shape index (κ1) is 24.5. The van der Waals surface area contributed by atoms with Gasteiger partial charge in [0, 0.05) is 24.1 Å². The van der Waals surface area contributed by atoms with Crippen LogP contribution in [-0.4, -0.2) is 27.0 Å². The highest BCUT2D eigenvalue weighted by Gasteiger charge is 2.17. The number of Topliss-reactive ketones (excluding diaryl/α,β-unsaturated/α-hetero) is 1. The van der Waals surface area contributed by atoms with Gasteiger partial charge in [0.05, 0.1) is 23.2 Å². The number of unbranched alkanes of at least 4 members (excludes halogenated alkanes) is 2. The van der Waals surface area contributed by atoms with Gasteiger partial charge in [-0.25, -0.2) is 4.98 Å². The molecule has 0 aliphatic carbocycles. The molecule has 182 valence electrons. The van der Waals surface area contributed by atoms with E-state index in [-0.39, 0.29) is 17.5 Å². The van der Waals surface area contributed by atoms with Crippen molar-refractivity contribution in [2.24, 2.45) is 5.92 Å². The average molecular weight is 471 g/mol. The van der Waals surface area contributed by atoms with Crippen LogP contribution in [0.3, 0.4) is 0 Å². The van der Waals surface area contributed by atoms with E-state index in [1.165, 1.54) is 0 Å². The van der Waals surface area contributed by atoms with Crippen LogP contribution in [-0.2, 0) is 6.54 Å². The van der Waals surface area contributed by atoms with Crippen molar-refractivity contribution in [2.45, 2.75) is 53.0 Å². The van der Waals surface area contributed by atoms with Crippen molar-refractivity contribution in [2.75, 3.05) is 6.61 Å². The number of hydrogen-bond donors (Lipinski definition) is 1. The summed E-state index contributed by atoms with van der Waals surface area (Å²) in [7, 11) is 0. The Hall–Kier alpha value is -3.60. The number of benzene rings is 3. The second-order valence-corrected chi connectivity index (χ2v) is 9.46. The van der Waals surface area contributed by atoms with Crippen molar-refractivity contribution in [3.8, 4) is 22.9 Å². The number of carbonyl (C=O) groups is 1. The van der Waals surface area contributed by atoms with E-state index in [1.54, 1.807) is 19.1 Å². The predicted octanol–water partition coefficient (Wildman–Crippen LogP) is 7.20. The van der Waals surface area contributed by atoms with Crippen LogP contribution in [0.5, 0.6) is 11.5 Å². The number of rotatable bonds is 11. The Morgan fingerprint density at radius 1 is 0.971 bits per heavy atom. The van der Waals surface area contributed by atoms with Gasteiger partial charge in [0.15, 0.2) is 5.78 Å². The molecule has 35 heavy (non-hydrogen) atoms. The molecule has 4 rings (SSSR count). The smallest absolute Gasteiger partial charge is 0.166 e. The number of carbonyl (C=O) groups excluding carboxylic acids is 1. The standard InChI is InChI=1S/C30H34N2O3/c1-21(2)20-27(33)24-16-17-28(22(3)29(24)34)35-19-11-5-10-18-32-26-15-9-8-14-25(26)31-30(32)23-12-6-4-7-13-23/h4,6-9,12-17,21,34H,5,10-11,18-20H2,1-3H3. The first-order valence-corrected chi connectivity index (χ1v) is 12.4. The van der Waals surface area contributed by atoms with Crippen LogP contribution in [0.25, 0.3) is 22.4 Å². The third-order valence-corrected chi connectivity index (χ3v) is 6.25. The summed E-state index contributed by atoms with van der Waals surface area (Å²) in [5.74, 6) is 1.89. The number of phenolic OH excluding ortho intramolecular Hbond substituents is 1. The zero-order valence-corrected chi connectivity index (χ0v) is 20.8. The Morgan fingerprint density at radius 3 is 2.49 bits per heavy atom. The Bertz CT molecular complexity index is 1290. The van der Waals surface area contributed by atoms with Crippen LogP contribution < -0.4 is 4.74 Å². The first-order chi connectivity index (χ1) is 17.0. The van der Waals surface area contributed by atoms with Gasteiger partial charge in [0.1, 0.15) is 17.3 Å². The number of imidazole rings is 1. The predicted molar refractivity (Wildman–Crippen MR) is 141 cm³/mol. The van der Waals surface area contributed by atoms with Gasteiger partial charge >= 0.3 is 0 Å². The topological polar surface area (TPSA) is 64.4 Å². The van der Waals surface area contributed by atoms with E-state index in [0.717, 1.165) is 48.2 Å². The van der Waals surface area contributed by atoms with Crippen molar-refractivity contribution in [3.05, 3.63) is 77.9 Å². The molecule has 0 spiro atoms. The fourth-order valence-electron chi connectivity index (χ4n) is 4.38. The molecule has 0 aliphatic heterocycles.